The number of ketones is 1. The van der Waals surface area contributed by atoms with Gasteiger partial charge in [0.25, 0.3) is 0 Å². The van der Waals surface area contributed by atoms with Crippen LogP contribution in [0, 0.1) is 0 Å². The molecule has 2 nitrogen and oxygen atoms in total. The topological polar surface area (TPSA) is 26.3 Å². The van der Waals surface area contributed by atoms with Gasteiger partial charge in [-0.1, -0.05) is 6.08 Å². The van der Waals surface area contributed by atoms with Crippen LogP contribution < -0.4 is 0 Å². The predicted molar refractivity (Wildman–Crippen MR) is 50.1 cm³/mol. The lowest BCUT2D eigenvalue weighted by Crippen LogP contribution is -2.08. The Hall–Kier alpha value is -0.630. The van der Waals surface area contributed by atoms with Crippen LogP contribution in [0.5, 0.6) is 0 Å². The number of carbonyl (C=O) groups is 1. The highest BCUT2D eigenvalue weighted by Crippen LogP contribution is 2.04. The van der Waals surface area contributed by atoms with Crippen LogP contribution in [0.4, 0.5) is 0 Å². The number of carbonyl (C=O) groups excluding carboxylic acids is 1. The predicted octanol–water partition coefficient (Wildman–Crippen LogP) is 2.34. The van der Waals surface area contributed by atoms with Crippen molar-refractivity contribution in [1.29, 1.82) is 0 Å². The molecule has 0 spiro atoms. The summed E-state index contributed by atoms with van der Waals surface area (Å²) in [7, 11) is 1.67. The number of Topliss-reactive ketones (excluding diaryl/α,β-unsaturated/α-hetero) is 1. The molecule has 0 radical (unpaired) electrons. The Bertz CT molecular complexity index is 141. The maximum atomic E-state index is 11.1. The third-order valence-corrected chi connectivity index (χ3v) is 1.86. The van der Waals surface area contributed by atoms with Crippen LogP contribution in [-0.4, -0.2) is 19.0 Å². The van der Waals surface area contributed by atoms with E-state index in [4.69, 9.17) is 4.74 Å². The minimum atomic E-state index is 0.192. The van der Waals surface area contributed by atoms with Gasteiger partial charge >= 0.3 is 0 Å². The van der Waals surface area contributed by atoms with Crippen molar-refractivity contribution in [3.05, 3.63) is 12.7 Å². The summed E-state index contributed by atoms with van der Waals surface area (Å²) in [5.41, 5.74) is 0. The van der Waals surface area contributed by atoms with Gasteiger partial charge in [-0.05, 0) is 19.8 Å². The monoisotopic (exact) mass is 170 g/mol. The molecule has 0 aliphatic carbocycles. The van der Waals surface area contributed by atoms with Gasteiger partial charge in [-0.2, -0.15) is 0 Å². The maximum absolute atomic E-state index is 11.1. The van der Waals surface area contributed by atoms with E-state index in [0.29, 0.717) is 18.6 Å². The van der Waals surface area contributed by atoms with Crippen molar-refractivity contribution in [2.45, 2.75) is 38.7 Å². The fourth-order valence-corrected chi connectivity index (χ4v) is 0.870. The van der Waals surface area contributed by atoms with Gasteiger partial charge in [0, 0.05) is 20.0 Å². The fraction of sp³-hybridized carbons (Fsp3) is 0.700. The molecule has 1 atom stereocenters. The zero-order valence-electron chi connectivity index (χ0n) is 8.01. The van der Waals surface area contributed by atoms with E-state index in [1.165, 1.54) is 0 Å². The van der Waals surface area contributed by atoms with E-state index in [9.17, 15) is 4.79 Å². The van der Waals surface area contributed by atoms with Crippen molar-refractivity contribution in [1.82, 2.24) is 0 Å². The number of hydrogen-bond acceptors (Lipinski definition) is 2. The van der Waals surface area contributed by atoms with Gasteiger partial charge in [0.2, 0.25) is 0 Å². The van der Waals surface area contributed by atoms with Crippen molar-refractivity contribution in [3.8, 4) is 0 Å². The maximum Gasteiger partial charge on any atom is 0.133 e. The van der Waals surface area contributed by atoms with Crippen LogP contribution in [-0.2, 0) is 9.53 Å². The van der Waals surface area contributed by atoms with E-state index in [2.05, 4.69) is 6.58 Å². The highest BCUT2D eigenvalue weighted by atomic mass is 16.5. The molecule has 0 amide bonds. The van der Waals surface area contributed by atoms with E-state index < -0.39 is 0 Å². The van der Waals surface area contributed by atoms with Crippen LogP contribution >= 0.6 is 0 Å². The Kier molecular flexibility index (Phi) is 6.67. The molecule has 70 valence electrons. The largest absolute Gasteiger partial charge is 0.382 e. The second-order valence-corrected chi connectivity index (χ2v) is 2.95. The Labute approximate surface area is 74.6 Å². The van der Waals surface area contributed by atoms with Crippen LogP contribution in [0.3, 0.4) is 0 Å². The standard InChI is InChI=1S/C10H18O2/c1-4-5-6-10(11)8-7-9(2)12-3/h4,9H,1,5-8H2,2-3H3. The summed E-state index contributed by atoms with van der Waals surface area (Å²) in [4.78, 5) is 11.1. The summed E-state index contributed by atoms with van der Waals surface area (Å²) in [6.45, 7) is 5.54. The zero-order chi connectivity index (χ0) is 9.40. The molecule has 0 N–H and O–H groups in total. The lowest BCUT2D eigenvalue weighted by molar-refractivity contribution is -0.119. The number of hydrogen-bond donors (Lipinski definition) is 0. The number of methoxy groups -OCH3 is 1. The molecule has 0 saturated carbocycles. The lowest BCUT2D eigenvalue weighted by Gasteiger charge is -2.07. The number of allylic oxidation sites excluding steroid dienone is 1. The average molecular weight is 170 g/mol. The molecule has 0 aliphatic heterocycles. The quantitative estimate of drug-likeness (QED) is 0.548. The van der Waals surface area contributed by atoms with Gasteiger partial charge in [-0.15, -0.1) is 6.58 Å². The normalized spacial score (nSPS) is 12.5. The number of ether oxygens (including phenoxy) is 1. The third kappa shape index (κ3) is 6.10. The van der Waals surface area contributed by atoms with Gasteiger partial charge in [0.05, 0.1) is 6.10 Å². The molecule has 0 saturated heterocycles. The van der Waals surface area contributed by atoms with Crippen LogP contribution in [0.1, 0.15) is 32.6 Å². The Morgan fingerprint density at radius 2 is 2.25 bits per heavy atom. The molecule has 0 aliphatic rings. The molecule has 1 unspecified atom stereocenters. The molecule has 0 aromatic heterocycles. The van der Waals surface area contributed by atoms with Crippen LogP contribution in [0.15, 0.2) is 12.7 Å². The van der Waals surface area contributed by atoms with Crippen molar-refractivity contribution in [3.63, 3.8) is 0 Å². The molecule has 2 heteroatoms. The van der Waals surface area contributed by atoms with Crippen LogP contribution in [0.2, 0.25) is 0 Å². The minimum Gasteiger partial charge on any atom is -0.382 e. The van der Waals surface area contributed by atoms with Gasteiger partial charge < -0.3 is 4.74 Å². The van der Waals surface area contributed by atoms with E-state index in [1.807, 2.05) is 6.92 Å². The van der Waals surface area contributed by atoms with Crippen molar-refractivity contribution < 1.29 is 9.53 Å². The third-order valence-electron chi connectivity index (χ3n) is 1.86. The first-order valence-corrected chi connectivity index (χ1v) is 4.36. The molecule has 0 fully saturated rings. The first kappa shape index (κ1) is 11.4. The first-order chi connectivity index (χ1) is 5.70. The minimum absolute atomic E-state index is 0.192. The van der Waals surface area contributed by atoms with E-state index in [-0.39, 0.29) is 6.10 Å². The SMILES string of the molecule is C=CCCC(=O)CCC(C)OC. The lowest BCUT2D eigenvalue weighted by atomic mass is 10.1. The molecule has 0 aromatic carbocycles. The fourth-order valence-electron chi connectivity index (χ4n) is 0.870. The Morgan fingerprint density at radius 3 is 2.75 bits per heavy atom. The highest BCUT2D eigenvalue weighted by molar-refractivity contribution is 5.78. The number of rotatable bonds is 7. The summed E-state index contributed by atoms with van der Waals surface area (Å²) in [6.07, 6.45) is 4.84. The average Bonchev–Trinajstić information content (AvgIpc) is 2.10. The summed E-state index contributed by atoms with van der Waals surface area (Å²) < 4.78 is 5.03. The molecule has 0 rings (SSSR count). The van der Waals surface area contributed by atoms with Gasteiger partial charge in [-0.3, -0.25) is 4.79 Å². The Morgan fingerprint density at radius 1 is 1.58 bits per heavy atom. The van der Waals surface area contributed by atoms with E-state index in [1.54, 1.807) is 13.2 Å². The van der Waals surface area contributed by atoms with Gasteiger partial charge in [-0.25, -0.2) is 0 Å². The second-order valence-electron chi connectivity index (χ2n) is 2.95. The van der Waals surface area contributed by atoms with Crippen molar-refractivity contribution in [2.24, 2.45) is 0 Å². The zero-order valence-corrected chi connectivity index (χ0v) is 8.01. The van der Waals surface area contributed by atoms with Crippen molar-refractivity contribution >= 4 is 5.78 Å². The van der Waals surface area contributed by atoms with Gasteiger partial charge in [0.1, 0.15) is 5.78 Å². The Balaban J connectivity index is 3.36. The molecular weight excluding hydrogens is 152 g/mol. The smallest absolute Gasteiger partial charge is 0.133 e. The molecular formula is C10H18O2. The van der Waals surface area contributed by atoms with E-state index >= 15 is 0 Å². The first-order valence-electron chi connectivity index (χ1n) is 4.36. The van der Waals surface area contributed by atoms with Crippen LogP contribution in [0.25, 0.3) is 0 Å². The van der Waals surface area contributed by atoms with Gasteiger partial charge in [0.15, 0.2) is 0 Å². The highest BCUT2D eigenvalue weighted by Gasteiger charge is 2.04. The molecule has 0 heterocycles. The van der Waals surface area contributed by atoms with Crippen molar-refractivity contribution in [2.75, 3.05) is 7.11 Å². The molecule has 12 heavy (non-hydrogen) atoms. The van der Waals surface area contributed by atoms with E-state index in [0.717, 1.165) is 12.8 Å². The molecule has 0 aromatic rings. The second kappa shape index (κ2) is 7.04. The summed E-state index contributed by atoms with van der Waals surface area (Å²) in [5.74, 6) is 0.304. The summed E-state index contributed by atoms with van der Waals surface area (Å²) >= 11 is 0. The molecule has 0 bridgehead atoms. The summed E-state index contributed by atoms with van der Waals surface area (Å²) in [5, 5.41) is 0. The summed E-state index contributed by atoms with van der Waals surface area (Å²) in [6, 6.07) is 0.